The van der Waals surface area contributed by atoms with Crippen LogP contribution in [0.5, 0.6) is 0 Å². The fraction of sp³-hybridized carbons (Fsp3) is 0.205. The van der Waals surface area contributed by atoms with E-state index in [4.69, 9.17) is 22.3 Å². The van der Waals surface area contributed by atoms with E-state index in [0.717, 1.165) is 89.7 Å². The minimum Gasteiger partial charge on any atom is -0.260 e. The zero-order valence-corrected chi connectivity index (χ0v) is 52.8. The highest BCUT2D eigenvalue weighted by molar-refractivity contribution is 5.90. The summed E-state index contributed by atoms with van der Waals surface area (Å²) in [5.74, 6) is -0.217. The lowest BCUT2D eigenvalue weighted by Gasteiger charge is -2.23. The third-order valence-corrected chi connectivity index (χ3v) is 18.7. The lowest BCUT2D eigenvalue weighted by atomic mass is 9.80. The van der Waals surface area contributed by atoms with Gasteiger partial charge in [-0.15, -0.1) is 0 Å². The molecule has 6 aromatic carbocycles. The molecule has 0 aliphatic heterocycles. The van der Waals surface area contributed by atoms with Gasteiger partial charge in [-0.1, -0.05) is 168 Å². The second-order valence-corrected chi connectivity index (χ2v) is 25.5. The third kappa shape index (κ3) is 10.0. The molecule has 12 aromatic rings. The molecule has 0 radical (unpaired) electrons. The van der Waals surface area contributed by atoms with E-state index in [-0.39, 0.29) is 16.6 Å². The molecular weight excluding hydrogens is 1100 g/mol. The number of hydrogen-bond donors (Lipinski definition) is 0. The van der Waals surface area contributed by atoms with Crippen molar-refractivity contribution in [1.29, 1.82) is 0 Å². The average Bonchev–Trinajstić information content (AvgIpc) is 1.56. The maximum atomic E-state index is 13.3. The molecule has 3 aliphatic carbocycles. The summed E-state index contributed by atoms with van der Waals surface area (Å²) in [6.45, 7) is 10.7. The first-order chi connectivity index (χ1) is 46.8. The van der Waals surface area contributed by atoms with Crippen LogP contribution in [0.15, 0.2) is 219 Å². The molecule has 15 rings (SSSR count). The van der Waals surface area contributed by atoms with Crippen molar-refractivity contribution in [1.82, 2.24) is 15.0 Å². The molecule has 1 unspecified atom stereocenters. The maximum Gasteiger partial charge on any atom is 0.212 e. The largest absolute Gasteiger partial charge is 0.260 e. The predicted molar refractivity (Wildman–Crippen MR) is 365 cm³/mol. The SMILES string of the molecule is Cc1ccc2c(c1-c1ccc(-c3ccc(F)cc3)c[n+]1C)C(C)(C)c1ncccc1-2.[2H]C([2H])([2H])c1ccc(-c2ccc(-c3c(C)ccc4c3C(C)(C([2H])([2H])[2H])c3ncccc3-4)[n+](C)c2)cc1.[2H]C([2H])([2H])c1ccc(-c2ccc(-c3c(C)ccc4c3C(C)(C)c3ncccc3-4)[n+](C)c2)cc1. The van der Waals surface area contributed by atoms with Gasteiger partial charge in [-0.3, -0.25) is 15.0 Å². The van der Waals surface area contributed by atoms with E-state index in [1.54, 1.807) is 37.4 Å². The molecule has 0 spiro atoms. The van der Waals surface area contributed by atoms with Crippen LogP contribution in [-0.4, -0.2) is 15.0 Å². The molecule has 0 amide bonds. The number of halogens is 1. The Morgan fingerprint density at radius 1 is 0.344 bits per heavy atom. The molecular formula is C83H78FN6+3. The summed E-state index contributed by atoms with van der Waals surface area (Å²) in [6, 6.07) is 58.4. The number of rotatable bonds is 6. The highest BCUT2D eigenvalue weighted by Gasteiger charge is 2.44. The lowest BCUT2D eigenvalue weighted by Crippen LogP contribution is -2.32. The first-order valence-electron chi connectivity index (χ1n) is 35.1. The topological polar surface area (TPSA) is 50.3 Å². The Kier molecular flexibility index (Phi) is 12.3. The van der Waals surface area contributed by atoms with E-state index in [1.807, 2.05) is 122 Å². The fourth-order valence-electron chi connectivity index (χ4n) is 14.3. The molecule has 1 atom stereocenters. The van der Waals surface area contributed by atoms with Gasteiger partial charge in [-0.25, -0.2) is 18.1 Å². The molecule has 7 heteroatoms. The summed E-state index contributed by atoms with van der Waals surface area (Å²) in [7, 11) is 6.10. The average molecular weight is 1190 g/mol. The number of nitrogens with zero attached hydrogens (tertiary/aromatic N) is 6. The van der Waals surface area contributed by atoms with Crippen LogP contribution >= 0.6 is 0 Å². The molecule has 0 saturated carbocycles. The molecule has 0 fully saturated rings. The van der Waals surface area contributed by atoms with Gasteiger partial charge in [0, 0.05) is 98.8 Å². The molecule has 0 bridgehead atoms. The summed E-state index contributed by atoms with van der Waals surface area (Å²) in [5, 5.41) is 0. The molecule has 444 valence electrons. The molecule has 6 heterocycles. The van der Waals surface area contributed by atoms with Crippen LogP contribution in [0.25, 0.3) is 101 Å². The summed E-state index contributed by atoms with van der Waals surface area (Å²) in [5.41, 5.74) is 28.1. The van der Waals surface area contributed by atoms with Crippen LogP contribution in [0, 0.1) is 40.3 Å². The molecule has 0 saturated heterocycles. The Morgan fingerprint density at radius 2 is 0.644 bits per heavy atom. The van der Waals surface area contributed by atoms with Crippen molar-refractivity contribution in [3.63, 3.8) is 0 Å². The predicted octanol–water partition coefficient (Wildman–Crippen LogP) is 18.3. The van der Waals surface area contributed by atoms with E-state index >= 15 is 0 Å². The van der Waals surface area contributed by atoms with Crippen molar-refractivity contribution in [2.75, 3.05) is 0 Å². The van der Waals surface area contributed by atoms with E-state index in [1.165, 1.54) is 67.8 Å². The zero-order valence-electron chi connectivity index (χ0n) is 61.8. The molecule has 0 N–H and O–H groups in total. The Labute approximate surface area is 543 Å². The summed E-state index contributed by atoms with van der Waals surface area (Å²) < 4.78 is 90.8. The third-order valence-electron chi connectivity index (χ3n) is 18.7. The number of hydrogen-bond acceptors (Lipinski definition) is 3. The van der Waals surface area contributed by atoms with Crippen LogP contribution < -0.4 is 13.7 Å². The van der Waals surface area contributed by atoms with E-state index in [9.17, 15) is 4.39 Å². The number of benzene rings is 6. The highest BCUT2D eigenvalue weighted by atomic mass is 19.1. The molecule has 6 aromatic heterocycles. The van der Waals surface area contributed by atoms with E-state index < -0.39 is 26.0 Å². The quantitative estimate of drug-likeness (QED) is 0.156. The van der Waals surface area contributed by atoms with Crippen LogP contribution in [-0.2, 0) is 37.4 Å². The minimum atomic E-state index is -2.30. The first-order valence-corrected chi connectivity index (χ1v) is 30.6. The summed E-state index contributed by atoms with van der Waals surface area (Å²) in [6.07, 6.45) is 11.7. The van der Waals surface area contributed by atoms with Gasteiger partial charge in [0.15, 0.2) is 18.6 Å². The van der Waals surface area contributed by atoms with Gasteiger partial charge in [0.05, 0.1) is 33.8 Å². The lowest BCUT2D eigenvalue weighted by molar-refractivity contribution is -0.660. The van der Waals surface area contributed by atoms with Gasteiger partial charge >= 0.3 is 0 Å². The number of pyridine rings is 6. The van der Waals surface area contributed by atoms with Crippen LogP contribution in [0.3, 0.4) is 0 Å². The van der Waals surface area contributed by atoms with Gasteiger partial charge < -0.3 is 0 Å². The van der Waals surface area contributed by atoms with Crippen molar-refractivity contribution < 1.29 is 30.4 Å². The molecule has 6 nitrogen and oxygen atoms in total. The van der Waals surface area contributed by atoms with Gasteiger partial charge in [-0.2, -0.15) is 0 Å². The fourth-order valence-corrected chi connectivity index (χ4v) is 14.3. The Morgan fingerprint density at radius 3 is 0.956 bits per heavy atom. The van der Waals surface area contributed by atoms with Crippen molar-refractivity contribution >= 4 is 0 Å². The number of aromatic nitrogens is 6. The van der Waals surface area contributed by atoms with E-state index in [0.29, 0.717) is 16.8 Å². The monoisotopic (exact) mass is 1190 g/mol. The van der Waals surface area contributed by atoms with Crippen LogP contribution in [0.1, 0.15) is 115 Å². The van der Waals surface area contributed by atoms with E-state index in [2.05, 4.69) is 143 Å². The van der Waals surface area contributed by atoms with Crippen molar-refractivity contribution in [2.24, 2.45) is 21.1 Å². The van der Waals surface area contributed by atoms with Crippen molar-refractivity contribution in [3.8, 4) is 101 Å². The second kappa shape index (κ2) is 22.6. The minimum absolute atomic E-state index is 0.171. The summed E-state index contributed by atoms with van der Waals surface area (Å²) >= 11 is 0. The van der Waals surface area contributed by atoms with Gasteiger partial charge in [0.1, 0.15) is 27.0 Å². The van der Waals surface area contributed by atoms with Gasteiger partial charge in [-0.05, 0) is 150 Å². The standard InChI is InChI=1S/2C28H27N2.C27H24FN2/c2*1-18-8-11-20(12-9-18)21-13-15-24(30(5)17-21)25-19(2)10-14-22-23-7-6-16-29-27(23)28(3,4)26(22)25;1-17-7-13-21-22-6-5-15-29-26(22)27(2,3)25(21)24(17)23-14-10-19(16-30(23)4)18-8-11-20(28)12-9-18/h2*6-17H,1-5H3;5-16H,1-4H3/q3*+1/i1D3,3D3;1D3;. The van der Waals surface area contributed by atoms with Gasteiger partial charge in [0.25, 0.3) is 0 Å². The zero-order chi connectivity index (χ0) is 70.6. The number of aryl methyl sites for hydroxylation is 8. The summed E-state index contributed by atoms with van der Waals surface area (Å²) in [4.78, 5) is 14.0. The van der Waals surface area contributed by atoms with Crippen molar-refractivity contribution in [2.45, 2.75) is 92.2 Å². The Balaban J connectivity index is 0.000000134. The van der Waals surface area contributed by atoms with Crippen LogP contribution in [0.2, 0.25) is 0 Å². The molecule has 3 aliphatic rings. The van der Waals surface area contributed by atoms with Crippen molar-refractivity contribution in [3.05, 3.63) is 287 Å². The maximum absolute atomic E-state index is 13.3. The smallest absolute Gasteiger partial charge is 0.212 e. The Hall–Kier alpha value is -9.85. The Bertz CT molecular complexity index is 5190. The number of fused-ring (bicyclic) bond motifs is 9. The van der Waals surface area contributed by atoms with Crippen LogP contribution in [0.4, 0.5) is 4.39 Å². The second-order valence-electron chi connectivity index (χ2n) is 25.5. The molecule has 90 heavy (non-hydrogen) atoms. The highest BCUT2D eigenvalue weighted by Crippen LogP contribution is 2.55. The first kappa shape index (κ1) is 49.1. The normalized spacial score (nSPS) is 16.7. The van der Waals surface area contributed by atoms with Gasteiger partial charge in [0.2, 0.25) is 17.1 Å².